The lowest BCUT2D eigenvalue weighted by atomic mass is 10.0. The van der Waals surface area contributed by atoms with E-state index in [0.717, 1.165) is 29.3 Å². The number of nitrogens with one attached hydrogen (secondary N) is 1. The summed E-state index contributed by atoms with van der Waals surface area (Å²) in [6.45, 7) is 10.3. The predicted molar refractivity (Wildman–Crippen MR) is 119 cm³/mol. The van der Waals surface area contributed by atoms with E-state index in [4.69, 9.17) is 4.74 Å². The van der Waals surface area contributed by atoms with E-state index in [9.17, 15) is 9.00 Å². The van der Waals surface area contributed by atoms with Gasteiger partial charge in [-0.15, -0.1) is 0 Å². The van der Waals surface area contributed by atoms with Crippen LogP contribution >= 0.6 is 0 Å². The topological polar surface area (TPSA) is 58.6 Å². The zero-order valence-corrected chi connectivity index (χ0v) is 18.8. The number of rotatable bonds is 10. The number of amides is 1. The standard InChI is InChI=1S/C23H32N2O3S/c1-6-25(7-2)22(19-9-8-10-20(15-19)28-5)16-24-23(26)18-11-13-21(14-12-18)29(27)17(3)4/h8-15,17,22H,6-7,16H2,1-5H3,(H,24,26). The van der Waals surface area contributed by atoms with E-state index >= 15 is 0 Å². The molecule has 0 aromatic heterocycles. The molecule has 5 nitrogen and oxygen atoms in total. The predicted octanol–water partition coefficient (Wildman–Crippen LogP) is 4.02. The van der Waals surface area contributed by atoms with Crippen molar-refractivity contribution >= 4 is 16.7 Å². The van der Waals surface area contributed by atoms with E-state index in [-0.39, 0.29) is 17.2 Å². The van der Waals surface area contributed by atoms with E-state index < -0.39 is 10.8 Å². The van der Waals surface area contributed by atoms with Crippen LogP contribution in [0.3, 0.4) is 0 Å². The highest BCUT2D eigenvalue weighted by Crippen LogP contribution is 2.24. The second-order valence-corrected chi connectivity index (χ2v) is 9.10. The Labute approximate surface area is 176 Å². The fourth-order valence-electron chi connectivity index (χ4n) is 3.27. The molecule has 0 aliphatic heterocycles. The summed E-state index contributed by atoms with van der Waals surface area (Å²) < 4.78 is 17.5. The molecule has 0 saturated carbocycles. The molecule has 0 heterocycles. The molecule has 0 spiro atoms. The van der Waals surface area contributed by atoms with Crippen LogP contribution in [0.15, 0.2) is 53.4 Å². The fourth-order valence-corrected chi connectivity index (χ4v) is 4.22. The van der Waals surface area contributed by atoms with Gasteiger partial charge in [-0.25, -0.2) is 0 Å². The minimum atomic E-state index is -1.05. The maximum atomic E-state index is 12.7. The van der Waals surface area contributed by atoms with Crippen molar-refractivity contribution in [1.29, 1.82) is 0 Å². The van der Waals surface area contributed by atoms with Crippen LogP contribution in [0.4, 0.5) is 0 Å². The van der Waals surface area contributed by atoms with Crippen molar-refractivity contribution in [3.05, 3.63) is 59.7 Å². The Morgan fingerprint density at radius 2 is 1.76 bits per heavy atom. The van der Waals surface area contributed by atoms with Crippen molar-refractivity contribution in [2.75, 3.05) is 26.7 Å². The Morgan fingerprint density at radius 1 is 1.10 bits per heavy atom. The molecule has 2 atom stereocenters. The van der Waals surface area contributed by atoms with Crippen molar-refractivity contribution in [1.82, 2.24) is 10.2 Å². The Hall–Kier alpha value is -2.18. The Balaban J connectivity index is 2.13. The molecule has 29 heavy (non-hydrogen) atoms. The summed E-state index contributed by atoms with van der Waals surface area (Å²) in [6, 6.07) is 15.1. The molecule has 0 fully saturated rings. The normalized spacial score (nSPS) is 13.3. The highest BCUT2D eigenvalue weighted by molar-refractivity contribution is 7.85. The van der Waals surface area contributed by atoms with Crippen LogP contribution in [-0.2, 0) is 10.8 Å². The third-order valence-electron chi connectivity index (χ3n) is 4.96. The minimum absolute atomic E-state index is 0.0485. The molecule has 2 unspecified atom stereocenters. The van der Waals surface area contributed by atoms with E-state index in [1.54, 1.807) is 31.4 Å². The molecule has 0 aliphatic rings. The summed E-state index contributed by atoms with van der Waals surface area (Å²) in [7, 11) is 0.601. The smallest absolute Gasteiger partial charge is 0.251 e. The molecule has 2 aromatic rings. The summed E-state index contributed by atoms with van der Waals surface area (Å²) in [5.41, 5.74) is 1.68. The minimum Gasteiger partial charge on any atom is -0.497 e. The maximum absolute atomic E-state index is 12.7. The lowest BCUT2D eigenvalue weighted by molar-refractivity contribution is 0.0935. The third kappa shape index (κ3) is 6.15. The number of hydrogen-bond acceptors (Lipinski definition) is 4. The van der Waals surface area contributed by atoms with Crippen molar-refractivity contribution in [2.45, 2.75) is 43.9 Å². The molecule has 0 radical (unpaired) electrons. The number of hydrogen-bond donors (Lipinski definition) is 1. The number of likely N-dealkylation sites (N-methyl/N-ethyl adjacent to an activating group) is 1. The molecular formula is C23H32N2O3S. The van der Waals surface area contributed by atoms with Crippen molar-refractivity contribution in [3.8, 4) is 5.75 Å². The Morgan fingerprint density at radius 3 is 2.31 bits per heavy atom. The van der Waals surface area contributed by atoms with Crippen LogP contribution in [0.5, 0.6) is 5.75 Å². The first-order chi connectivity index (χ1) is 13.9. The van der Waals surface area contributed by atoms with Gasteiger partial charge in [0, 0.05) is 22.3 Å². The second-order valence-electron chi connectivity index (χ2n) is 7.09. The summed E-state index contributed by atoms with van der Waals surface area (Å²) in [5.74, 6) is 0.673. The molecule has 0 aliphatic carbocycles. The summed E-state index contributed by atoms with van der Waals surface area (Å²) >= 11 is 0. The Kier molecular flexibility index (Phi) is 8.86. The third-order valence-corrected chi connectivity index (χ3v) is 6.56. The van der Waals surface area contributed by atoms with Crippen LogP contribution in [0.2, 0.25) is 0 Å². The first-order valence-corrected chi connectivity index (χ1v) is 11.3. The molecular weight excluding hydrogens is 384 g/mol. The summed E-state index contributed by atoms with van der Waals surface area (Å²) in [4.78, 5) is 15.7. The average molecular weight is 417 g/mol. The SMILES string of the molecule is CCN(CC)C(CNC(=O)c1ccc(S(=O)C(C)C)cc1)c1cccc(OC)c1. The van der Waals surface area contributed by atoms with Crippen molar-refractivity contribution in [2.24, 2.45) is 0 Å². The van der Waals surface area contributed by atoms with Crippen molar-refractivity contribution < 1.29 is 13.7 Å². The molecule has 0 bridgehead atoms. The van der Waals surface area contributed by atoms with Crippen molar-refractivity contribution in [3.63, 3.8) is 0 Å². The van der Waals surface area contributed by atoms with Gasteiger partial charge >= 0.3 is 0 Å². The van der Waals surface area contributed by atoms with E-state index in [0.29, 0.717) is 12.1 Å². The van der Waals surface area contributed by atoms with Gasteiger partial charge in [0.25, 0.3) is 5.91 Å². The first kappa shape index (κ1) is 23.1. The highest BCUT2D eigenvalue weighted by Gasteiger charge is 2.20. The van der Waals surface area contributed by atoms with Gasteiger partial charge in [0.15, 0.2) is 0 Å². The molecule has 158 valence electrons. The molecule has 2 aromatic carbocycles. The number of benzene rings is 2. The monoisotopic (exact) mass is 416 g/mol. The van der Waals surface area contributed by atoms with Gasteiger partial charge in [0.2, 0.25) is 0 Å². The van der Waals surface area contributed by atoms with Crippen LogP contribution in [0.25, 0.3) is 0 Å². The second kappa shape index (κ2) is 11.1. The first-order valence-electron chi connectivity index (χ1n) is 10.1. The molecule has 6 heteroatoms. The maximum Gasteiger partial charge on any atom is 0.251 e. The Bertz CT molecular complexity index is 817. The number of carbonyl (C=O) groups is 1. The fraction of sp³-hybridized carbons (Fsp3) is 0.435. The van der Waals surface area contributed by atoms with Crippen LogP contribution < -0.4 is 10.1 Å². The van der Waals surface area contributed by atoms with Gasteiger partial charge in [0.05, 0.1) is 24.0 Å². The largest absolute Gasteiger partial charge is 0.497 e. The summed E-state index contributed by atoms with van der Waals surface area (Å²) in [6.07, 6.45) is 0. The molecule has 1 N–H and O–H groups in total. The zero-order valence-electron chi connectivity index (χ0n) is 18.0. The van der Waals surface area contributed by atoms with Gasteiger partial charge in [0.1, 0.15) is 5.75 Å². The number of carbonyl (C=O) groups excluding carboxylic acids is 1. The molecule has 2 rings (SSSR count). The van der Waals surface area contributed by atoms with Crippen LogP contribution in [0.1, 0.15) is 49.7 Å². The van der Waals surface area contributed by atoms with Gasteiger partial charge < -0.3 is 10.1 Å². The quantitative estimate of drug-likeness (QED) is 0.635. The highest BCUT2D eigenvalue weighted by atomic mass is 32.2. The van der Waals surface area contributed by atoms with Gasteiger partial charge in [-0.1, -0.05) is 39.8 Å². The lowest BCUT2D eigenvalue weighted by Gasteiger charge is -2.30. The van der Waals surface area contributed by atoms with Crippen LogP contribution in [0, 0.1) is 0 Å². The van der Waals surface area contributed by atoms with Crippen LogP contribution in [-0.4, -0.2) is 47.0 Å². The zero-order chi connectivity index (χ0) is 21.4. The number of nitrogens with zero attached hydrogens (tertiary/aromatic N) is 1. The number of ether oxygens (including phenoxy) is 1. The molecule has 1 amide bonds. The van der Waals surface area contributed by atoms with E-state index in [1.165, 1.54) is 0 Å². The van der Waals surface area contributed by atoms with Gasteiger partial charge in [-0.2, -0.15) is 0 Å². The van der Waals surface area contributed by atoms with Gasteiger partial charge in [-0.05, 0) is 55.1 Å². The summed E-state index contributed by atoms with van der Waals surface area (Å²) in [5, 5.41) is 3.11. The van der Waals surface area contributed by atoms with E-state index in [1.807, 2.05) is 32.0 Å². The molecule has 0 saturated heterocycles. The average Bonchev–Trinajstić information content (AvgIpc) is 2.75. The van der Waals surface area contributed by atoms with Gasteiger partial charge in [-0.3, -0.25) is 13.9 Å². The lowest BCUT2D eigenvalue weighted by Crippen LogP contribution is -2.38. The number of methoxy groups -OCH3 is 1. The van der Waals surface area contributed by atoms with E-state index in [2.05, 4.69) is 30.1 Å².